The molecule has 3 aromatic carbocycles. The number of nitrogens with zero attached hydrogens (tertiary/aromatic N) is 1. The summed E-state index contributed by atoms with van der Waals surface area (Å²) in [5.41, 5.74) is 2.94. The average molecular weight is 526 g/mol. The second-order valence-electron chi connectivity index (χ2n) is 7.08. The van der Waals surface area contributed by atoms with Gasteiger partial charge in [-0.15, -0.1) is 0 Å². The van der Waals surface area contributed by atoms with Gasteiger partial charge in [-0.3, -0.25) is 9.69 Å². The minimum Gasteiger partial charge on any atom is -0.493 e. The van der Waals surface area contributed by atoms with Crippen LogP contribution in [0.2, 0.25) is 0 Å². The van der Waals surface area contributed by atoms with Gasteiger partial charge in [0.15, 0.2) is 11.5 Å². The van der Waals surface area contributed by atoms with E-state index in [9.17, 15) is 4.79 Å². The third kappa shape index (κ3) is 5.41. The largest absolute Gasteiger partial charge is 0.493 e. The molecule has 0 N–H and O–H groups in total. The van der Waals surface area contributed by atoms with Crippen LogP contribution in [-0.4, -0.2) is 22.2 Å². The molecule has 4 nitrogen and oxygen atoms in total. The van der Waals surface area contributed by atoms with E-state index in [-0.39, 0.29) is 5.91 Å². The molecule has 0 saturated carbocycles. The van der Waals surface area contributed by atoms with Crippen molar-refractivity contribution >= 4 is 56.2 Å². The van der Waals surface area contributed by atoms with E-state index in [1.54, 1.807) is 12.0 Å². The zero-order chi connectivity index (χ0) is 22.5. The van der Waals surface area contributed by atoms with E-state index in [1.165, 1.54) is 11.8 Å². The summed E-state index contributed by atoms with van der Waals surface area (Å²) in [7, 11) is 1.60. The van der Waals surface area contributed by atoms with Crippen LogP contribution in [0.1, 0.15) is 16.7 Å². The van der Waals surface area contributed by atoms with Crippen LogP contribution < -0.4 is 9.47 Å². The Labute approximate surface area is 205 Å². The number of thiocarbonyl (C=S) groups is 1. The molecule has 1 fully saturated rings. The van der Waals surface area contributed by atoms with E-state index in [0.29, 0.717) is 33.9 Å². The predicted molar refractivity (Wildman–Crippen MR) is 137 cm³/mol. The molecule has 0 radical (unpaired) electrons. The highest BCUT2D eigenvalue weighted by Gasteiger charge is 2.32. The van der Waals surface area contributed by atoms with Crippen molar-refractivity contribution in [2.45, 2.75) is 13.2 Å². The molecule has 7 heteroatoms. The summed E-state index contributed by atoms with van der Waals surface area (Å²) in [5, 5.41) is 0. The number of carbonyl (C=O) groups excluding carboxylic acids is 1. The number of carbonyl (C=O) groups is 1. The van der Waals surface area contributed by atoms with Crippen LogP contribution in [0.5, 0.6) is 11.5 Å². The van der Waals surface area contributed by atoms with Gasteiger partial charge in [-0.1, -0.05) is 88.4 Å². The Hall–Kier alpha value is -2.61. The van der Waals surface area contributed by atoms with Crippen molar-refractivity contribution in [1.82, 2.24) is 4.90 Å². The number of amides is 1. The molecule has 1 aliphatic rings. The second kappa shape index (κ2) is 10.3. The van der Waals surface area contributed by atoms with Crippen LogP contribution in [-0.2, 0) is 17.9 Å². The van der Waals surface area contributed by atoms with Crippen molar-refractivity contribution in [2.24, 2.45) is 0 Å². The van der Waals surface area contributed by atoms with Gasteiger partial charge >= 0.3 is 0 Å². The van der Waals surface area contributed by atoms with Crippen LogP contribution in [0.3, 0.4) is 0 Å². The molecule has 4 rings (SSSR count). The molecule has 162 valence electrons. The minimum absolute atomic E-state index is 0.0848. The molecule has 0 atom stereocenters. The lowest BCUT2D eigenvalue weighted by atomic mass is 10.1. The highest BCUT2D eigenvalue weighted by Crippen LogP contribution is 2.35. The molecule has 0 aliphatic carbocycles. The first kappa shape index (κ1) is 22.6. The van der Waals surface area contributed by atoms with Crippen molar-refractivity contribution in [3.05, 3.63) is 98.9 Å². The fourth-order valence-electron chi connectivity index (χ4n) is 3.19. The number of rotatable bonds is 7. The number of hydrogen-bond acceptors (Lipinski definition) is 5. The van der Waals surface area contributed by atoms with E-state index in [2.05, 4.69) is 15.9 Å². The Bertz CT molecular complexity index is 1160. The van der Waals surface area contributed by atoms with Gasteiger partial charge in [0.2, 0.25) is 0 Å². The van der Waals surface area contributed by atoms with E-state index in [0.717, 1.165) is 21.2 Å². The van der Waals surface area contributed by atoms with Gasteiger partial charge in [-0.05, 0) is 47.0 Å². The first-order valence-corrected chi connectivity index (χ1v) is 11.9. The van der Waals surface area contributed by atoms with Gasteiger partial charge in [0.1, 0.15) is 10.9 Å². The van der Waals surface area contributed by atoms with Gasteiger partial charge in [0.25, 0.3) is 5.91 Å². The molecule has 3 aromatic rings. The lowest BCUT2D eigenvalue weighted by Crippen LogP contribution is -2.27. The van der Waals surface area contributed by atoms with Gasteiger partial charge in [-0.25, -0.2) is 0 Å². The molecule has 0 aromatic heterocycles. The maximum Gasteiger partial charge on any atom is 0.266 e. The Morgan fingerprint density at radius 2 is 1.75 bits per heavy atom. The Morgan fingerprint density at radius 1 is 1.00 bits per heavy atom. The summed E-state index contributed by atoms with van der Waals surface area (Å²) >= 11 is 10.2. The van der Waals surface area contributed by atoms with Crippen LogP contribution >= 0.6 is 39.9 Å². The summed E-state index contributed by atoms with van der Waals surface area (Å²) < 4.78 is 13.0. The molecular weight excluding hydrogens is 506 g/mol. The fraction of sp³-hybridized carbons (Fsp3) is 0.120. The second-order valence-corrected chi connectivity index (χ2v) is 9.67. The lowest BCUT2D eigenvalue weighted by molar-refractivity contribution is -0.122. The Kier molecular flexibility index (Phi) is 7.29. The maximum atomic E-state index is 12.9. The van der Waals surface area contributed by atoms with Crippen molar-refractivity contribution in [2.75, 3.05) is 7.11 Å². The quantitative estimate of drug-likeness (QED) is 0.262. The maximum absolute atomic E-state index is 12.9. The summed E-state index contributed by atoms with van der Waals surface area (Å²) in [6.45, 7) is 0.899. The smallest absolute Gasteiger partial charge is 0.266 e. The summed E-state index contributed by atoms with van der Waals surface area (Å²) in [6, 6.07) is 23.4. The normalized spacial score (nSPS) is 14.8. The number of hydrogen-bond donors (Lipinski definition) is 0. The SMILES string of the molecule is COc1cc(/C=C2\SC(=S)N(Cc3ccccc3)C2=O)ccc1OCc1ccc(Br)cc1. The molecule has 1 heterocycles. The zero-order valence-electron chi connectivity index (χ0n) is 17.3. The van der Waals surface area contributed by atoms with E-state index in [4.69, 9.17) is 21.7 Å². The summed E-state index contributed by atoms with van der Waals surface area (Å²) in [5.74, 6) is 1.17. The fourth-order valence-corrected chi connectivity index (χ4v) is 4.71. The Morgan fingerprint density at radius 3 is 2.47 bits per heavy atom. The third-order valence-electron chi connectivity index (χ3n) is 4.85. The van der Waals surface area contributed by atoms with Gasteiger partial charge < -0.3 is 9.47 Å². The van der Waals surface area contributed by atoms with Gasteiger partial charge in [0.05, 0.1) is 18.6 Å². The third-order valence-corrected chi connectivity index (χ3v) is 6.76. The Balaban J connectivity index is 1.48. The predicted octanol–water partition coefficient (Wildman–Crippen LogP) is 6.44. The van der Waals surface area contributed by atoms with E-state index < -0.39 is 0 Å². The molecule has 1 saturated heterocycles. The van der Waals surface area contributed by atoms with Crippen LogP contribution in [0, 0.1) is 0 Å². The lowest BCUT2D eigenvalue weighted by Gasteiger charge is -2.14. The number of benzene rings is 3. The van der Waals surface area contributed by atoms with Crippen molar-refractivity contribution < 1.29 is 14.3 Å². The van der Waals surface area contributed by atoms with Gasteiger partial charge in [-0.2, -0.15) is 0 Å². The molecule has 1 aliphatic heterocycles. The molecular formula is C25H20BrNO3S2. The molecule has 1 amide bonds. The first-order valence-electron chi connectivity index (χ1n) is 9.88. The summed E-state index contributed by atoms with van der Waals surface area (Å²) in [4.78, 5) is 15.1. The number of ether oxygens (including phenoxy) is 2. The van der Waals surface area contributed by atoms with Crippen LogP contribution in [0.4, 0.5) is 0 Å². The first-order chi connectivity index (χ1) is 15.5. The summed E-state index contributed by atoms with van der Waals surface area (Å²) in [6.07, 6.45) is 1.84. The topological polar surface area (TPSA) is 38.8 Å². The number of halogens is 1. The number of thioether (sulfide) groups is 1. The molecule has 32 heavy (non-hydrogen) atoms. The van der Waals surface area contributed by atoms with Crippen LogP contribution in [0.15, 0.2) is 82.2 Å². The highest BCUT2D eigenvalue weighted by atomic mass is 79.9. The zero-order valence-corrected chi connectivity index (χ0v) is 20.5. The standard InChI is InChI=1S/C25H20BrNO3S2/c1-29-22-13-19(9-12-21(22)30-16-18-7-10-20(26)11-8-18)14-23-24(28)27(25(31)32-23)15-17-5-3-2-4-6-17/h2-14H,15-16H2,1H3/b23-14-. The van der Waals surface area contributed by atoms with Gasteiger partial charge in [0, 0.05) is 4.47 Å². The average Bonchev–Trinajstić information content (AvgIpc) is 3.07. The molecule has 0 spiro atoms. The monoisotopic (exact) mass is 525 g/mol. The molecule has 0 bridgehead atoms. The van der Waals surface area contributed by atoms with Crippen molar-refractivity contribution in [3.8, 4) is 11.5 Å². The van der Waals surface area contributed by atoms with Crippen molar-refractivity contribution in [1.29, 1.82) is 0 Å². The number of methoxy groups -OCH3 is 1. The van der Waals surface area contributed by atoms with Crippen molar-refractivity contribution in [3.63, 3.8) is 0 Å². The van der Waals surface area contributed by atoms with E-state index in [1.807, 2.05) is 78.9 Å². The highest BCUT2D eigenvalue weighted by molar-refractivity contribution is 9.10. The minimum atomic E-state index is -0.0848. The molecule has 0 unspecified atom stereocenters. The van der Waals surface area contributed by atoms with E-state index >= 15 is 0 Å². The van der Waals surface area contributed by atoms with Crippen LogP contribution in [0.25, 0.3) is 6.08 Å².